The normalized spacial score (nSPS) is 12.1. The Kier molecular flexibility index (Phi) is 4.83. The molecule has 0 N–H and O–H groups in total. The van der Waals surface area contributed by atoms with Gasteiger partial charge in [-0.2, -0.15) is 13.2 Å². The van der Waals surface area contributed by atoms with Crippen LogP contribution in [0.5, 0.6) is 0 Å². The molecule has 0 fully saturated rings. The lowest BCUT2D eigenvalue weighted by Crippen LogP contribution is -2.25. The molecule has 120 valence electrons. The minimum Gasteiger partial charge on any atom is -0.312 e. The van der Waals surface area contributed by atoms with Crippen LogP contribution < -0.4 is 4.90 Å². The van der Waals surface area contributed by atoms with E-state index in [9.17, 15) is 22.4 Å². The number of likely N-dealkylation sites (N-methyl/N-ethyl adjacent to an activating group) is 1. The summed E-state index contributed by atoms with van der Waals surface area (Å²) >= 11 is 0. The summed E-state index contributed by atoms with van der Waals surface area (Å²) in [5.74, 6) is -1.35. The Hall–Kier alpha value is -2.63. The summed E-state index contributed by atoms with van der Waals surface area (Å²) in [6.45, 7) is 0. The van der Waals surface area contributed by atoms with Gasteiger partial charge < -0.3 is 4.90 Å². The molecule has 0 aliphatic carbocycles. The molecule has 23 heavy (non-hydrogen) atoms. The summed E-state index contributed by atoms with van der Waals surface area (Å²) < 4.78 is 52.5. The van der Waals surface area contributed by atoms with Crippen molar-refractivity contribution in [3.05, 3.63) is 72.1 Å². The number of nitrogens with zero attached hydrogens (tertiary/aromatic N) is 1. The maximum Gasteiger partial charge on any atom is 0.417 e. The van der Waals surface area contributed by atoms with Crippen LogP contribution in [0.1, 0.15) is 5.56 Å². The van der Waals surface area contributed by atoms with Crippen LogP contribution in [0.2, 0.25) is 0 Å². The lowest BCUT2D eigenvalue weighted by atomic mass is 10.0. The van der Waals surface area contributed by atoms with Gasteiger partial charge in [0.15, 0.2) is 0 Å². The molecule has 0 aromatic heterocycles. The fourth-order valence-electron chi connectivity index (χ4n) is 1.96. The third-order valence-corrected chi connectivity index (χ3v) is 3.20. The molecule has 0 radical (unpaired) electrons. The summed E-state index contributed by atoms with van der Waals surface area (Å²) in [4.78, 5) is 13.1. The van der Waals surface area contributed by atoms with E-state index < -0.39 is 23.5 Å². The Bertz CT molecular complexity index is 706. The number of alkyl halides is 3. The van der Waals surface area contributed by atoms with Crippen LogP contribution in [0, 0.1) is 5.82 Å². The second-order valence-electron chi connectivity index (χ2n) is 4.80. The van der Waals surface area contributed by atoms with Crippen molar-refractivity contribution in [3.63, 3.8) is 0 Å². The van der Waals surface area contributed by atoms with Crippen LogP contribution in [-0.4, -0.2) is 19.1 Å². The Labute approximate surface area is 130 Å². The number of anilines is 1. The zero-order valence-electron chi connectivity index (χ0n) is 12.1. The number of carbonyl (C=O) groups is 1. The van der Waals surface area contributed by atoms with Crippen LogP contribution >= 0.6 is 0 Å². The zero-order valence-corrected chi connectivity index (χ0v) is 12.1. The number of hydrogen-bond acceptors (Lipinski definition) is 1. The number of carbonyl (C=O) groups excluding carboxylic acids is 1. The SMILES string of the molecule is CN(C(=O)/C=C(/c1ccccc1)C(F)(F)F)c1ccc(F)cc1. The molecule has 0 atom stereocenters. The summed E-state index contributed by atoms with van der Waals surface area (Å²) in [5.41, 5.74) is -0.833. The van der Waals surface area contributed by atoms with Crippen molar-refractivity contribution < 1.29 is 22.4 Å². The van der Waals surface area contributed by atoms with Crippen molar-refractivity contribution in [3.8, 4) is 0 Å². The van der Waals surface area contributed by atoms with E-state index in [1.807, 2.05) is 0 Å². The lowest BCUT2D eigenvalue weighted by Gasteiger charge is -2.17. The maximum absolute atomic E-state index is 13.2. The molecule has 0 spiro atoms. The molecule has 0 unspecified atom stereocenters. The van der Waals surface area contributed by atoms with E-state index in [0.29, 0.717) is 11.8 Å². The quantitative estimate of drug-likeness (QED) is 0.604. The highest BCUT2D eigenvalue weighted by Gasteiger charge is 2.35. The van der Waals surface area contributed by atoms with E-state index in [0.717, 1.165) is 17.0 Å². The van der Waals surface area contributed by atoms with Crippen LogP contribution in [0.4, 0.5) is 23.2 Å². The van der Waals surface area contributed by atoms with E-state index >= 15 is 0 Å². The number of allylic oxidation sites excluding steroid dienone is 1. The minimum absolute atomic E-state index is 0.0964. The molecule has 2 nitrogen and oxygen atoms in total. The first-order valence-electron chi connectivity index (χ1n) is 6.66. The van der Waals surface area contributed by atoms with E-state index in [1.165, 1.54) is 43.4 Å². The van der Waals surface area contributed by atoms with E-state index in [-0.39, 0.29) is 5.56 Å². The smallest absolute Gasteiger partial charge is 0.312 e. The summed E-state index contributed by atoms with van der Waals surface area (Å²) in [5, 5.41) is 0. The summed E-state index contributed by atoms with van der Waals surface area (Å²) in [6.07, 6.45) is -4.13. The molecule has 1 amide bonds. The van der Waals surface area contributed by atoms with E-state index in [2.05, 4.69) is 0 Å². The number of halogens is 4. The van der Waals surface area contributed by atoms with Gasteiger partial charge in [0.1, 0.15) is 5.82 Å². The molecule has 0 aliphatic rings. The van der Waals surface area contributed by atoms with E-state index in [4.69, 9.17) is 0 Å². The maximum atomic E-state index is 13.2. The first-order chi connectivity index (χ1) is 10.8. The van der Waals surface area contributed by atoms with Crippen LogP contribution in [0.3, 0.4) is 0 Å². The van der Waals surface area contributed by atoms with Gasteiger partial charge in [-0.1, -0.05) is 30.3 Å². The molecule has 0 saturated heterocycles. The van der Waals surface area contributed by atoms with Crippen molar-refractivity contribution >= 4 is 17.2 Å². The molecule has 2 aromatic carbocycles. The van der Waals surface area contributed by atoms with Gasteiger partial charge in [0, 0.05) is 18.8 Å². The van der Waals surface area contributed by atoms with Gasteiger partial charge in [0.05, 0.1) is 5.57 Å². The monoisotopic (exact) mass is 323 g/mol. The highest BCUT2D eigenvalue weighted by molar-refractivity contribution is 6.05. The molecular formula is C17H13F4NO. The summed E-state index contributed by atoms with van der Waals surface area (Å²) in [7, 11) is 1.32. The average Bonchev–Trinajstić information content (AvgIpc) is 2.52. The average molecular weight is 323 g/mol. The minimum atomic E-state index is -4.67. The van der Waals surface area contributed by atoms with E-state index in [1.54, 1.807) is 6.07 Å². The van der Waals surface area contributed by atoms with Crippen molar-refractivity contribution in [2.24, 2.45) is 0 Å². The largest absolute Gasteiger partial charge is 0.417 e. The highest BCUT2D eigenvalue weighted by Crippen LogP contribution is 2.34. The van der Waals surface area contributed by atoms with Gasteiger partial charge >= 0.3 is 6.18 Å². The molecular weight excluding hydrogens is 310 g/mol. The van der Waals surface area contributed by atoms with Crippen LogP contribution in [-0.2, 0) is 4.79 Å². The molecule has 2 rings (SSSR count). The molecule has 0 bridgehead atoms. The van der Waals surface area contributed by atoms with Gasteiger partial charge in [-0.25, -0.2) is 4.39 Å². The second kappa shape index (κ2) is 6.64. The van der Waals surface area contributed by atoms with Gasteiger partial charge in [-0.05, 0) is 29.8 Å². The number of benzene rings is 2. The molecule has 0 heterocycles. The predicted molar refractivity (Wildman–Crippen MR) is 80.3 cm³/mol. The first kappa shape index (κ1) is 16.7. The van der Waals surface area contributed by atoms with Crippen molar-refractivity contribution in [1.29, 1.82) is 0 Å². The molecule has 2 aromatic rings. The predicted octanol–water partition coefficient (Wildman–Crippen LogP) is 4.43. The molecule has 0 saturated carbocycles. The fourth-order valence-corrected chi connectivity index (χ4v) is 1.96. The lowest BCUT2D eigenvalue weighted by molar-refractivity contribution is -0.114. The van der Waals surface area contributed by atoms with Crippen LogP contribution in [0.25, 0.3) is 5.57 Å². The molecule has 6 heteroatoms. The Morgan fingerprint density at radius 2 is 1.57 bits per heavy atom. The highest BCUT2D eigenvalue weighted by atomic mass is 19.4. The Morgan fingerprint density at radius 1 is 1.00 bits per heavy atom. The number of amides is 1. The van der Waals surface area contributed by atoms with Crippen molar-refractivity contribution in [2.45, 2.75) is 6.18 Å². The summed E-state index contributed by atoms with van der Waals surface area (Å²) in [6, 6.07) is 12.0. The third kappa shape index (κ3) is 4.18. The van der Waals surface area contributed by atoms with Gasteiger partial charge in [-0.3, -0.25) is 4.79 Å². The topological polar surface area (TPSA) is 20.3 Å². The van der Waals surface area contributed by atoms with Gasteiger partial charge in [0.25, 0.3) is 5.91 Å². The van der Waals surface area contributed by atoms with Gasteiger partial charge in [0.2, 0.25) is 0 Å². The second-order valence-corrected chi connectivity index (χ2v) is 4.80. The van der Waals surface area contributed by atoms with Crippen molar-refractivity contribution in [1.82, 2.24) is 0 Å². The van der Waals surface area contributed by atoms with Crippen molar-refractivity contribution in [2.75, 3.05) is 11.9 Å². The molecule has 0 aliphatic heterocycles. The number of rotatable bonds is 3. The Balaban J connectivity index is 2.35. The first-order valence-corrected chi connectivity index (χ1v) is 6.66. The third-order valence-electron chi connectivity index (χ3n) is 3.20. The zero-order chi connectivity index (χ0) is 17.0. The van der Waals surface area contributed by atoms with Crippen LogP contribution in [0.15, 0.2) is 60.7 Å². The standard InChI is InChI=1S/C17H13F4NO/c1-22(14-9-7-13(18)8-10-14)16(23)11-15(17(19,20)21)12-5-3-2-4-6-12/h2-11H,1H3/b15-11-. The Morgan fingerprint density at radius 3 is 2.09 bits per heavy atom. The van der Waals surface area contributed by atoms with Gasteiger partial charge in [-0.15, -0.1) is 0 Å². The fraction of sp³-hybridized carbons (Fsp3) is 0.118. The number of hydrogen-bond donors (Lipinski definition) is 0.